The highest BCUT2D eigenvalue weighted by Crippen LogP contribution is 2.32. The predicted molar refractivity (Wildman–Crippen MR) is 150 cm³/mol. The van der Waals surface area contributed by atoms with Crippen LogP contribution in [0.1, 0.15) is 11.1 Å². The highest BCUT2D eigenvalue weighted by atomic mass is 35.5. The fraction of sp³-hybridized carbons (Fsp3) is 0. The molecule has 0 atom stereocenters. The Bertz CT molecular complexity index is 1760. The van der Waals surface area contributed by atoms with E-state index in [1.165, 1.54) is 4.80 Å². The van der Waals surface area contributed by atoms with Gasteiger partial charge in [-0.2, -0.15) is 0 Å². The van der Waals surface area contributed by atoms with Crippen molar-refractivity contribution in [2.24, 2.45) is 0 Å². The number of nitrogens with zero attached hydrogens (tertiary/aromatic N) is 4. The molecular formula is C29H17Cl3N4O. The highest BCUT2D eigenvalue weighted by molar-refractivity contribution is 6.33. The molecule has 6 aromatic rings. The second-order valence-corrected chi connectivity index (χ2v) is 9.53. The summed E-state index contributed by atoms with van der Waals surface area (Å²) in [6, 6.07) is 28.9. The highest BCUT2D eigenvalue weighted by Gasteiger charge is 2.13. The number of aromatic nitrogens is 4. The molecule has 0 radical (unpaired) electrons. The molecule has 0 amide bonds. The Hall–Kier alpha value is -3.90. The van der Waals surface area contributed by atoms with E-state index in [1.807, 2.05) is 97.1 Å². The van der Waals surface area contributed by atoms with Crippen LogP contribution in [0.3, 0.4) is 0 Å². The number of hydrogen-bond acceptors (Lipinski definition) is 4. The van der Waals surface area contributed by atoms with E-state index in [2.05, 4.69) is 15.4 Å². The number of benzene rings is 4. The summed E-state index contributed by atoms with van der Waals surface area (Å²) in [5.41, 5.74) is 6.49. The summed E-state index contributed by atoms with van der Waals surface area (Å²) < 4.78 is 5.42. The van der Waals surface area contributed by atoms with Crippen LogP contribution in [0.4, 0.5) is 0 Å². The molecule has 0 fully saturated rings. The van der Waals surface area contributed by atoms with Crippen LogP contribution in [0.15, 0.2) is 95.5 Å². The van der Waals surface area contributed by atoms with Gasteiger partial charge in [-0.15, -0.1) is 15.0 Å². The van der Waals surface area contributed by atoms with Crippen molar-refractivity contribution in [1.82, 2.24) is 20.2 Å². The molecule has 0 aliphatic rings. The molecule has 2 heterocycles. The summed E-state index contributed by atoms with van der Waals surface area (Å²) in [5, 5.41) is 15.6. The maximum Gasteiger partial charge on any atom is 0.179 e. The zero-order valence-corrected chi connectivity index (χ0v) is 21.4. The number of rotatable bonds is 5. The molecule has 0 aliphatic carbocycles. The summed E-state index contributed by atoms with van der Waals surface area (Å²) in [4.78, 5) is 1.54. The van der Waals surface area contributed by atoms with E-state index in [-0.39, 0.29) is 0 Å². The van der Waals surface area contributed by atoms with E-state index >= 15 is 0 Å². The van der Waals surface area contributed by atoms with Crippen molar-refractivity contribution in [2.45, 2.75) is 0 Å². The lowest BCUT2D eigenvalue weighted by molar-refractivity contribution is 0.459. The van der Waals surface area contributed by atoms with Gasteiger partial charge in [-0.1, -0.05) is 107 Å². The van der Waals surface area contributed by atoms with Gasteiger partial charge in [0, 0.05) is 32.6 Å². The van der Waals surface area contributed by atoms with Crippen LogP contribution in [-0.4, -0.2) is 20.2 Å². The SMILES string of the molecule is Clc1ccc2c(-c3ccc(C=Cc4ccc(-n5nc(Cl)c(-c6ccccc6)n5)cc4)c(Cl)c3)noc2c1. The molecule has 5 nitrogen and oxygen atoms in total. The average molecular weight is 544 g/mol. The van der Waals surface area contributed by atoms with Crippen molar-refractivity contribution in [1.29, 1.82) is 0 Å². The van der Waals surface area contributed by atoms with Gasteiger partial charge in [0.05, 0.1) is 5.69 Å². The minimum Gasteiger partial charge on any atom is -0.356 e. The first-order valence-corrected chi connectivity index (χ1v) is 12.5. The fourth-order valence-corrected chi connectivity index (χ4v) is 4.64. The van der Waals surface area contributed by atoms with Gasteiger partial charge in [0.2, 0.25) is 0 Å². The standard InChI is InChI=1S/C29H17Cl3N4O/c30-22-12-15-24-26(17-22)37-35-27(24)21-11-10-19(25(31)16-21)9-6-18-7-13-23(14-8-18)36-33-28(29(32)34-36)20-4-2-1-3-5-20/h1-17H. The second kappa shape index (κ2) is 9.87. The summed E-state index contributed by atoms with van der Waals surface area (Å²) in [6.45, 7) is 0. The third-order valence-electron chi connectivity index (χ3n) is 5.91. The van der Waals surface area contributed by atoms with Crippen LogP contribution in [0.5, 0.6) is 0 Å². The zero-order chi connectivity index (χ0) is 25.4. The van der Waals surface area contributed by atoms with Crippen molar-refractivity contribution < 1.29 is 4.52 Å². The first-order chi connectivity index (χ1) is 18.0. The molecule has 6 rings (SSSR count). The van der Waals surface area contributed by atoms with Crippen LogP contribution in [-0.2, 0) is 0 Å². The maximum absolute atomic E-state index is 6.60. The Morgan fingerprint density at radius 3 is 2.30 bits per heavy atom. The quantitative estimate of drug-likeness (QED) is 0.204. The molecule has 37 heavy (non-hydrogen) atoms. The van der Waals surface area contributed by atoms with Gasteiger partial charge in [-0.05, 0) is 41.5 Å². The number of fused-ring (bicyclic) bond motifs is 1. The van der Waals surface area contributed by atoms with E-state index in [1.54, 1.807) is 6.07 Å². The van der Waals surface area contributed by atoms with Gasteiger partial charge < -0.3 is 4.52 Å². The molecule has 0 aliphatic heterocycles. The molecule has 180 valence electrons. The molecule has 0 saturated heterocycles. The van der Waals surface area contributed by atoms with Crippen molar-refractivity contribution in [3.8, 4) is 28.2 Å². The maximum atomic E-state index is 6.60. The first kappa shape index (κ1) is 23.5. The van der Waals surface area contributed by atoms with E-state index in [9.17, 15) is 0 Å². The van der Waals surface area contributed by atoms with Crippen molar-refractivity contribution in [2.75, 3.05) is 0 Å². The first-order valence-electron chi connectivity index (χ1n) is 11.4. The lowest BCUT2D eigenvalue weighted by Crippen LogP contribution is -1.98. The van der Waals surface area contributed by atoms with E-state index in [0.717, 1.165) is 39.0 Å². The molecule has 0 saturated carbocycles. The van der Waals surface area contributed by atoms with E-state index in [0.29, 0.717) is 26.5 Å². The minimum absolute atomic E-state index is 0.357. The summed E-state index contributed by atoms with van der Waals surface area (Å²) >= 11 is 19.0. The largest absolute Gasteiger partial charge is 0.356 e. The van der Waals surface area contributed by atoms with Crippen molar-refractivity contribution in [3.05, 3.63) is 117 Å². The Morgan fingerprint density at radius 1 is 0.703 bits per heavy atom. The van der Waals surface area contributed by atoms with Gasteiger partial charge in [0.15, 0.2) is 10.7 Å². The fourth-order valence-electron chi connectivity index (χ4n) is 4.01. The van der Waals surface area contributed by atoms with Crippen LogP contribution in [0, 0.1) is 0 Å². The van der Waals surface area contributed by atoms with Crippen LogP contribution < -0.4 is 0 Å². The normalized spacial score (nSPS) is 11.5. The lowest BCUT2D eigenvalue weighted by atomic mass is 10.0. The smallest absolute Gasteiger partial charge is 0.179 e. The topological polar surface area (TPSA) is 56.7 Å². The van der Waals surface area contributed by atoms with Gasteiger partial charge >= 0.3 is 0 Å². The predicted octanol–water partition coefficient (Wildman–Crippen LogP) is 8.87. The molecule has 0 spiro atoms. The van der Waals surface area contributed by atoms with Gasteiger partial charge in [-0.25, -0.2) is 0 Å². The van der Waals surface area contributed by atoms with Crippen LogP contribution >= 0.6 is 34.8 Å². The molecule has 4 aromatic carbocycles. The van der Waals surface area contributed by atoms with Crippen molar-refractivity contribution in [3.63, 3.8) is 0 Å². The molecule has 2 aromatic heterocycles. The molecule has 0 N–H and O–H groups in total. The van der Waals surface area contributed by atoms with E-state index < -0.39 is 0 Å². The molecular weight excluding hydrogens is 527 g/mol. The monoisotopic (exact) mass is 542 g/mol. The lowest BCUT2D eigenvalue weighted by Gasteiger charge is -2.03. The Morgan fingerprint density at radius 2 is 1.51 bits per heavy atom. The third-order valence-corrected chi connectivity index (χ3v) is 6.72. The summed E-state index contributed by atoms with van der Waals surface area (Å²) in [7, 11) is 0. The third kappa shape index (κ3) is 4.77. The number of hydrogen-bond donors (Lipinski definition) is 0. The Balaban J connectivity index is 1.21. The van der Waals surface area contributed by atoms with E-state index in [4.69, 9.17) is 39.3 Å². The van der Waals surface area contributed by atoms with Gasteiger partial charge in [-0.3, -0.25) is 0 Å². The van der Waals surface area contributed by atoms with Crippen LogP contribution in [0.2, 0.25) is 15.2 Å². The molecule has 8 heteroatoms. The van der Waals surface area contributed by atoms with Gasteiger partial charge in [0.1, 0.15) is 11.4 Å². The second-order valence-electron chi connectivity index (χ2n) is 8.33. The van der Waals surface area contributed by atoms with Crippen LogP contribution in [0.25, 0.3) is 51.3 Å². The minimum atomic E-state index is 0.357. The summed E-state index contributed by atoms with van der Waals surface area (Å²) in [5.74, 6) is 0. The Labute approximate surface area is 227 Å². The average Bonchev–Trinajstić information content (AvgIpc) is 3.52. The Kier molecular flexibility index (Phi) is 6.26. The summed E-state index contributed by atoms with van der Waals surface area (Å²) in [6.07, 6.45) is 3.97. The zero-order valence-electron chi connectivity index (χ0n) is 19.1. The molecule has 0 unspecified atom stereocenters. The van der Waals surface area contributed by atoms with Crippen molar-refractivity contribution >= 4 is 57.9 Å². The molecule has 0 bridgehead atoms. The van der Waals surface area contributed by atoms with Gasteiger partial charge in [0.25, 0.3) is 0 Å². The number of halogens is 3.